The molecule has 0 aliphatic carbocycles. The average molecular weight is 335 g/mol. The lowest BCUT2D eigenvalue weighted by molar-refractivity contribution is 0.0758. The van der Waals surface area contributed by atoms with E-state index in [0.29, 0.717) is 0 Å². The molecular formula is C21H25N3O. The molecule has 2 atom stereocenters. The summed E-state index contributed by atoms with van der Waals surface area (Å²) < 4.78 is 0. The quantitative estimate of drug-likeness (QED) is 0.902. The first-order valence-corrected chi connectivity index (χ1v) is 9.22. The van der Waals surface area contributed by atoms with Crippen molar-refractivity contribution in [3.63, 3.8) is 0 Å². The van der Waals surface area contributed by atoms with Crippen LogP contribution in [0.3, 0.4) is 0 Å². The van der Waals surface area contributed by atoms with Crippen molar-refractivity contribution in [2.24, 2.45) is 11.8 Å². The fourth-order valence-corrected chi connectivity index (χ4v) is 4.02. The van der Waals surface area contributed by atoms with Crippen molar-refractivity contribution in [2.75, 3.05) is 31.5 Å². The van der Waals surface area contributed by atoms with Crippen molar-refractivity contribution >= 4 is 17.3 Å². The molecule has 2 heterocycles. The van der Waals surface area contributed by atoms with E-state index in [1.54, 1.807) is 0 Å². The highest BCUT2D eigenvalue weighted by molar-refractivity contribution is 5.95. The normalized spacial score (nSPS) is 23.0. The number of amides is 1. The number of hydrogen-bond donors (Lipinski definition) is 2. The molecule has 2 fully saturated rings. The minimum Gasteiger partial charge on any atom is -0.356 e. The van der Waals surface area contributed by atoms with E-state index in [4.69, 9.17) is 0 Å². The molecule has 4 rings (SSSR count). The van der Waals surface area contributed by atoms with Gasteiger partial charge in [-0.1, -0.05) is 24.3 Å². The summed E-state index contributed by atoms with van der Waals surface area (Å²) in [4.78, 5) is 15.0. The second-order valence-corrected chi connectivity index (χ2v) is 7.12. The summed E-state index contributed by atoms with van der Waals surface area (Å²) in [5.74, 6) is 1.64. The number of anilines is 2. The highest BCUT2D eigenvalue weighted by atomic mass is 16.2. The number of likely N-dealkylation sites (tertiary alicyclic amines) is 1. The zero-order chi connectivity index (χ0) is 17.1. The van der Waals surface area contributed by atoms with Crippen molar-refractivity contribution in [3.05, 3.63) is 60.2 Å². The number of hydrogen-bond acceptors (Lipinski definition) is 3. The van der Waals surface area contributed by atoms with Crippen molar-refractivity contribution in [1.82, 2.24) is 10.2 Å². The second-order valence-electron chi connectivity index (χ2n) is 7.12. The van der Waals surface area contributed by atoms with E-state index < -0.39 is 0 Å². The van der Waals surface area contributed by atoms with Gasteiger partial charge in [-0.3, -0.25) is 4.79 Å². The van der Waals surface area contributed by atoms with Gasteiger partial charge in [0, 0.05) is 30.0 Å². The summed E-state index contributed by atoms with van der Waals surface area (Å²) in [6.07, 6.45) is 2.23. The molecule has 1 amide bonds. The highest BCUT2D eigenvalue weighted by Gasteiger charge is 2.31. The van der Waals surface area contributed by atoms with Crippen LogP contribution in [0.1, 0.15) is 23.2 Å². The van der Waals surface area contributed by atoms with Crippen LogP contribution in [0.5, 0.6) is 0 Å². The van der Waals surface area contributed by atoms with Gasteiger partial charge in [0.25, 0.3) is 5.91 Å². The lowest BCUT2D eigenvalue weighted by Gasteiger charge is -2.21. The molecule has 2 aromatic rings. The predicted molar refractivity (Wildman–Crippen MR) is 101 cm³/mol. The molecule has 0 bridgehead atoms. The van der Waals surface area contributed by atoms with Gasteiger partial charge in [-0.05, 0) is 68.1 Å². The summed E-state index contributed by atoms with van der Waals surface area (Å²) in [6.45, 7) is 3.97. The molecule has 4 nitrogen and oxygen atoms in total. The Bertz CT molecular complexity index is 717. The van der Waals surface area contributed by atoms with Crippen molar-refractivity contribution < 1.29 is 4.79 Å². The topological polar surface area (TPSA) is 44.4 Å². The summed E-state index contributed by atoms with van der Waals surface area (Å²) in [5.41, 5.74) is 2.75. The van der Waals surface area contributed by atoms with Gasteiger partial charge >= 0.3 is 0 Å². The Kier molecular flexibility index (Phi) is 4.70. The van der Waals surface area contributed by atoms with Crippen LogP contribution in [-0.2, 0) is 0 Å². The average Bonchev–Trinajstić information content (AvgIpc) is 3.01. The zero-order valence-electron chi connectivity index (χ0n) is 14.4. The SMILES string of the molecule is O=C(c1cccc(Nc2ccccc2)c1)N1CC[C@@H]2CNC[C@@H]2CC1. The number of fused-ring (bicyclic) bond motifs is 1. The first-order valence-electron chi connectivity index (χ1n) is 9.22. The van der Waals surface area contributed by atoms with Gasteiger partial charge in [-0.15, -0.1) is 0 Å². The molecule has 2 saturated heterocycles. The monoisotopic (exact) mass is 335 g/mol. The molecule has 0 radical (unpaired) electrons. The molecule has 0 saturated carbocycles. The molecule has 2 aliphatic rings. The number of carbonyl (C=O) groups excluding carboxylic acids is 1. The maximum atomic E-state index is 13.0. The Hall–Kier alpha value is -2.33. The first kappa shape index (κ1) is 16.2. The molecular weight excluding hydrogens is 310 g/mol. The predicted octanol–water partition coefficient (Wildman–Crippen LogP) is 3.50. The maximum absolute atomic E-state index is 13.0. The summed E-state index contributed by atoms with van der Waals surface area (Å²) >= 11 is 0. The number of rotatable bonds is 3. The third-order valence-corrected chi connectivity index (χ3v) is 5.48. The van der Waals surface area contributed by atoms with Crippen LogP contribution in [0.2, 0.25) is 0 Å². The molecule has 2 N–H and O–H groups in total. The van der Waals surface area contributed by atoms with E-state index in [2.05, 4.69) is 10.6 Å². The van der Waals surface area contributed by atoms with E-state index in [1.807, 2.05) is 59.5 Å². The summed E-state index contributed by atoms with van der Waals surface area (Å²) in [5, 5.41) is 6.85. The maximum Gasteiger partial charge on any atom is 0.253 e. The Morgan fingerprint density at radius 3 is 2.32 bits per heavy atom. The summed E-state index contributed by atoms with van der Waals surface area (Å²) in [6, 6.07) is 17.9. The fraction of sp³-hybridized carbons (Fsp3) is 0.381. The standard InChI is InChI=1S/C21H25N3O/c25-21(24-11-9-17-14-22-15-18(17)10-12-24)16-5-4-8-20(13-16)23-19-6-2-1-3-7-19/h1-8,13,17-18,22-23H,9-12,14-15H2/t17-,18+. The van der Waals surface area contributed by atoms with Crippen LogP contribution >= 0.6 is 0 Å². The molecule has 0 unspecified atom stereocenters. The third kappa shape index (κ3) is 3.69. The van der Waals surface area contributed by atoms with E-state index >= 15 is 0 Å². The van der Waals surface area contributed by atoms with Crippen molar-refractivity contribution in [1.29, 1.82) is 0 Å². The smallest absolute Gasteiger partial charge is 0.253 e. The fourth-order valence-electron chi connectivity index (χ4n) is 4.02. The number of benzene rings is 2. The number of nitrogens with zero attached hydrogens (tertiary/aromatic N) is 1. The minimum absolute atomic E-state index is 0.157. The van der Waals surface area contributed by atoms with Crippen LogP contribution in [0, 0.1) is 11.8 Å². The van der Waals surface area contributed by atoms with Crippen LogP contribution in [0.4, 0.5) is 11.4 Å². The molecule has 130 valence electrons. The van der Waals surface area contributed by atoms with Crippen LogP contribution in [0.25, 0.3) is 0 Å². The van der Waals surface area contributed by atoms with Gasteiger partial charge in [-0.2, -0.15) is 0 Å². The van der Waals surface area contributed by atoms with Gasteiger partial charge in [0.15, 0.2) is 0 Å². The third-order valence-electron chi connectivity index (χ3n) is 5.48. The molecule has 4 heteroatoms. The van der Waals surface area contributed by atoms with Gasteiger partial charge in [-0.25, -0.2) is 0 Å². The van der Waals surface area contributed by atoms with Gasteiger partial charge in [0.05, 0.1) is 0 Å². The molecule has 2 aromatic carbocycles. The van der Waals surface area contributed by atoms with Crippen LogP contribution in [0.15, 0.2) is 54.6 Å². The number of nitrogens with one attached hydrogen (secondary N) is 2. The van der Waals surface area contributed by atoms with E-state index in [0.717, 1.165) is 67.8 Å². The molecule has 0 aromatic heterocycles. The Morgan fingerprint density at radius 1 is 0.920 bits per heavy atom. The van der Waals surface area contributed by atoms with Crippen molar-refractivity contribution in [2.45, 2.75) is 12.8 Å². The minimum atomic E-state index is 0.157. The zero-order valence-corrected chi connectivity index (χ0v) is 14.4. The van der Waals surface area contributed by atoms with Crippen molar-refractivity contribution in [3.8, 4) is 0 Å². The lowest BCUT2D eigenvalue weighted by Crippen LogP contribution is -2.32. The first-order chi connectivity index (χ1) is 12.3. The molecule has 0 spiro atoms. The largest absolute Gasteiger partial charge is 0.356 e. The number of para-hydroxylation sites is 1. The van der Waals surface area contributed by atoms with E-state index in [9.17, 15) is 4.79 Å². The van der Waals surface area contributed by atoms with Crippen LogP contribution in [-0.4, -0.2) is 37.0 Å². The highest BCUT2D eigenvalue weighted by Crippen LogP contribution is 2.28. The molecule has 2 aliphatic heterocycles. The van der Waals surface area contributed by atoms with E-state index in [-0.39, 0.29) is 5.91 Å². The Labute approximate surface area is 149 Å². The summed E-state index contributed by atoms with van der Waals surface area (Å²) in [7, 11) is 0. The number of carbonyl (C=O) groups is 1. The second kappa shape index (κ2) is 7.28. The van der Waals surface area contributed by atoms with Gasteiger partial charge in [0.1, 0.15) is 0 Å². The lowest BCUT2D eigenvalue weighted by atomic mass is 9.92. The Morgan fingerprint density at radius 2 is 1.60 bits per heavy atom. The van der Waals surface area contributed by atoms with E-state index in [1.165, 1.54) is 0 Å². The van der Waals surface area contributed by atoms with Crippen LogP contribution < -0.4 is 10.6 Å². The van der Waals surface area contributed by atoms with Gasteiger partial charge < -0.3 is 15.5 Å². The molecule has 25 heavy (non-hydrogen) atoms. The van der Waals surface area contributed by atoms with Gasteiger partial charge in [0.2, 0.25) is 0 Å². The Balaban J connectivity index is 1.46.